The predicted octanol–water partition coefficient (Wildman–Crippen LogP) is 6.87. The number of aromatic nitrogens is 3. The molecule has 0 radical (unpaired) electrons. The number of amides is 1. The molecular weight excluding hydrogens is 989 g/mol. The maximum Gasteiger partial charge on any atom is 0.410 e. The fraction of sp³-hybridized carbons (Fsp3) is 0.788. The summed E-state index contributed by atoms with van der Waals surface area (Å²) >= 11 is 12.5. The lowest BCUT2D eigenvalue weighted by molar-refractivity contribution is -0.319. The van der Waals surface area contributed by atoms with Crippen LogP contribution in [-0.2, 0) is 60.6 Å². The zero-order valence-corrected chi connectivity index (χ0v) is 46.6. The van der Waals surface area contributed by atoms with Gasteiger partial charge in [-0.05, 0) is 99.9 Å². The summed E-state index contributed by atoms with van der Waals surface area (Å²) in [6.07, 6.45) is -4.91. The van der Waals surface area contributed by atoms with Crippen molar-refractivity contribution in [2.45, 2.75) is 205 Å². The van der Waals surface area contributed by atoms with E-state index in [-0.39, 0.29) is 50.3 Å². The maximum atomic E-state index is 15.1. The van der Waals surface area contributed by atoms with Crippen molar-refractivity contribution >= 4 is 41.0 Å². The monoisotopic (exact) mass is 1070 g/mol. The quantitative estimate of drug-likeness (QED) is 0.130. The van der Waals surface area contributed by atoms with Gasteiger partial charge in [0.05, 0.1) is 63.8 Å². The molecule has 4 aliphatic rings. The Bertz CT molecular complexity index is 2170. The van der Waals surface area contributed by atoms with Gasteiger partial charge in [-0.2, -0.15) is 0 Å². The van der Waals surface area contributed by atoms with Gasteiger partial charge in [0.25, 0.3) is 0 Å². The van der Waals surface area contributed by atoms with Crippen molar-refractivity contribution in [2.24, 2.45) is 23.7 Å². The smallest absolute Gasteiger partial charge is 0.410 e. The van der Waals surface area contributed by atoms with Crippen LogP contribution in [0.25, 0.3) is 0 Å². The molecule has 0 spiro atoms. The summed E-state index contributed by atoms with van der Waals surface area (Å²) in [5.74, 6) is -3.71. The number of Topliss-reactive ketones (excluding diaryl/α,β-unsaturated/α-hetero) is 1. The topological polar surface area (TPSA) is 212 Å². The molecule has 1 aromatic carbocycles. The molecule has 5 heterocycles. The summed E-state index contributed by atoms with van der Waals surface area (Å²) in [6.45, 7) is 18.9. The Morgan fingerprint density at radius 3 is 2.18 bits per heavy atom. The number of aliphatic hydroxyl groups excluding tert-OH is 2. The van der Waals surface area contributed by atoms with E-state index in [1.165, 1.54) is 7.11 Å². The Kier molecular flexibility index (Phi) is 19.7. The van der Waals surface area contributed by atoms with Crippen LogP contribution in [0.4, 0.5) is 4.79 Å². The first-order valence-electron chi connectivity index (χ1n) is 25.8. The number of para-hydroxylation sites is 1. The van der Waals surface area contributed by atoms with Crippen LogP contribution in [0.15, 0.2) is 24.4 Å². The van der Waals surface area contributed by atoms with Gasteiger partial charge < -0.3 is 62.6 Å². The van der Waals surface area contributed by atoms with Crippen LogP contribution < -0.4 is 4.74 Å². The highest BCUT2D eigenvalue weighted by molar-refractivity contribution is 6.37. The van der Waals surface area contributed by atoms with E-state index < -0.39 is 108 Å². The van der Waals surface area contributed by atoms with Crippen LogP contribution in [0.3, 0.4) is 0 Å². The number of esters is 1. The van der Waals surface area contributed by atoms with E-state index >= 15 is 4.79 Å². The SMILES string of the molecule is CC[C@H]1OC(=O)[C@H](C)C(OC2C[C@@](C)(OC)[C@@H](O)C(C)O2)[C@H](C)[C@@H](OC2OC(C)CC(N(C)C)C2O)[C@@](C)(OC)C[C@@H](C)C(=O)[C@H](C)[C@H]2N(CCCCn3cc(COc4c(Cl)cccc4Cl)nn3)C(=O)O[C@]12C. The van der Waals surface area contributed by atoms with Crippen LogP contribution in [0.5, 0.6) is 5.75 Å². The first kappa shape index (κ1) is 59.0. The van der Waals surface area contributed by atoms with Gasteiger partial charge in [-0.1, -0.05) is 62.2 Å². The fourth-order valence-electron chi connectivity index (χ4n) is 11.7. The van der Waals surface area contributed by atoms with Crippen molar-refractivity contribution in [3.05, 3.63) is 40.1 Å². The number of carbonyl (C=O) groups excluding carboxylic acids is 3. The minimum Gasteiger partial charge on any atom is -0.484 e. The lowest BCUT2D eigenvalue weighted by Crippen LogP contribution is -2.61. The summed E-state index contributed by atoms with van der Waals surface area (Å²) in [6, 6.07) is 3.94. The number of ketones is 1. The van der Waals surface area contributed by atoms with E-state index in [0.29, 0.717) is 47.3 Å². The summed E-state index contributed by atoms with van der Waals surface area (Å²) in [4.78, 5) is 47.9. The molecular formula is C52H81Cl2N5O14. The van der Waals surface area contributed by atoms with Crippen LogP contribution in [0, 0.1) is 23.7 Å². The Balaban J connectivity index is 1.32. The summed E-state index contributed by atoms with van der Waals surface area (Å²) < 4.78 is 59.2. The molecule has 0 saturated carbocycles. The fourth-order valence-corrected chi connectivity index (χ4v) is 12.2. The number of carbonyl (C=O) groups is 3. The van der Waals surface area contributed by atoms with Gasteiger partial charge in [0.2, 0.25) is 0 Å². The van der Waals surface area contributed by atoms with E-state index in [9.17, 15) is 19.8 Å². The first-order valence-corrected chi connectivity index (χ1v) is 26.5. The van der Waals surface area contributed by atoms with E-state index in [4.69, 9.17) is 65.8 Å². The van der Waals surface area contributed by atoms with Crippen LogP contribution >= 0.6 is 23.2 Å². The molecule has 18 atom stereocenters. The van der Waals surface area contributed by atoms with Crippen LogP contribution in [0.2, 0.25) is 10.0 Å². The number of halogens is 2. The van der Waals surface area contributed by atoms with Crippen LogP contribution in [0.1, 0.15) is 113 Å². The second-order valence-corrected chi connectivity index (χ2v) is 22.5. The Morgan fingerprint density at radius 2 is 1.55 bits per heavy atom. The molecule has 0 aliphatic carbocycles. The van der Waals surface area contributed by atoms with Crippen molar-refractivity contribution < 1.29 is 67.2 Å². The molecule has 2 aromatic rings. The van der Waals surface area contributed by atoms with E-state index in [2.05, 4.69) is 10.3 Å². The van der Waals surface area contributed by atoms with Crippen molar-refractivity contribution in [2.75, 3.05) is 34.9 Å². The summed E-state index contributed by atoms with van der Waals surface area (Å²) in [7, 11) is 6.83. The normalized spacial score (nSPS) is 39.0. The first-order chi connectivity index (χ1) is 34.3. The molecule has 73 heavy (non-hydrogen) atoms. The second kappa shape index (κ2) is 24.4. The molecule has 412 valence electrons. The van der Waals surface area contributed by atoms with Gasteiger partial charge in [-0.3, -0.25) is 14.3 Å². The number of aryl methyl sites for hydroxylation is 1. The molecule has 6 rings (SSSR count). The number of nitrogens with zero attached hydrogens (tertiary/aromatic N) is 5. The van der Waals surface area contributed by atoms with Gasteiger partial charge in [-0.25, -0.2) is 4.79 Å². The molecule has 21 heteroatoms. The zero-order valence-electron chi connectivity index (χ0n) is 45.1. The highest BCUT2D eigenvalue weighted by Gasteiger charge is 2.61. The van der Waals surface area contributed by atoms with Gasteiger partial charge >= 0.3 is 12.1 Å². The number of cyclic esters (lactones) is 1. The average molecular weight is 1070 g/mol. The number of aliphatic hydroxyl groups is 2. The lowest BCUT2D eigenvalue weighted by Gasteiger charge is -2.50. The number of ether oxygens (including phenoxy) is 9. The highest BCUT2D eigenvalue weighted by atomic mass is 35.5. The van der Waals surface area contributed by atoms with E-state index in [1.54, 1.807) is 75.7 Å². The largest absolute Gasteiger partial charge is 0.484 e. The van der Waals surface area contributed by atoms with Gasteiger partial charge in [0.15, 0.2) is 23.9 Å². The second-order valence-electron chi connectivity index (χ2n) is 21.7. The summed E-state index contributed by atoms with van der Waals surface area (Å²) in [5, 5.41) is 32.2. The average Bonchev–Trinajstić information content (AvgIpc) is 3.91. The minimum atomic E-state index is -1.46. The molecule has 19 nitrogen and oxygen atoms in total. The molecule has 2 N–H and O–H groups in total. The minimum absolute atomic E-state index is 0.0984. The Hall–Kier alpha value is -3.21. The Labute approximate surface area is 441 Å². The highest BCUT2D eigenvalue weighted by Crippen LogP contribution is 2.45. The molecule has 4 aliphatic heterocycles. The van der Waals surface area contributed by atoms with Gasteiger partial charge in [-0.15, -0.1) is 5.10 Å². The third-order valence-electron chi connectivity index (χ3n) is 16.0. The van der Waals surface area contributed by atoms with Crippen molar-refractivity contribution in [3.63, 3.8) is 0 Å². The molecule has 1 amide bonds. The van der Waals surface area contributed by atoms with Gasteiger partial charge in [0.1, 0.15) is 36.4 Å². The zero-order chi connectivity index (χ0) is 53.9. The molecule has 4 fully saturated rings. The molecule has 0 bridgehead atoms. The Morgan fingerprint density at radius 1 is 0.890 bits per heavy atom. The van der Waals surface area contributed by atoms with Crippen LogP contribution in [-0.4, -0.2) is 172 Å². The molecule has 4 saturated heterocycles. The lowest BCUT2D eigenvalue weighted by atomic mass is 9.73. The molecule has 7 unspecified atom stereocenters. The molecule has 1 aromatic heterocycles. The standard InChI is InChI=1S/C52H81Cl2N5O14/c1-15-38-52(10)44(59(49(64)73-52)22-17-16-21-58-26-34(55-56-58)27-67-43-35(53)19-18-20-36(43)54)30(4)40(60)28(2)24-51(9,66-14)46(72-48-41(61)37(57(11)12)23-29(3)68-48)31(5)42(32(6)47(63)70-38)71-39-25-50(8,65-13)45(62)33(7)69-39/h18-20,26,28-33,37-39,41-42,44-46,48,61-62H,15-17,21-25,27H2,1-14H3/t28-,29?,30+,31+,32-,33?,37?,38-,39?,41?,42?,44-,45+,46-,48?,50-,51+,52-/m1/s1. The third kappa shape index (κ3) is 12.8. The van der Waals surface area contributed by atoms with Crippen molar-refractivity contribution in [3.8, 4) is 5.75 Å². The predicted molar refractivity (Wildman–Crippen MR) is 270 cm³/mol. The number of benzene rings is 1. The maximum absolute atomic E-state index is 15.1. The van der Waals surface area contributed by atoms with E-state index in [0.717, 1.165) is 0 Å². The number of methoxy groups -OCH3 is 2. The number of fused-ring (bicyclic) bond motifs is 1. The van der Waals surface area contributed by atoms with Gasteiger partial charge in [0, 0.05) is 57.5 Å². The number of hydrogen-bond donors (Lipinski definition) is 2. The number of rotatable bonds is 16. The van der Waals surface area contributed by atoms with Crippen molar-refractivity contribution in [1.82, 2.24) is 24.8 Å². The summed E-state index contributed by atoms with van der Waals surface area (Å²) in [5.41, 5.74) is -3.24. The number of hydrogen-bond acceptors (Lipinski definition) is 17. The number of likely N-dealkylation sites (N-methyl/N-ethyl adjacent to an activating group) is 1. The van der Waals surface area contributed by atoms with Crippen molar-refractivity contribution in [1.29, 1.82) is 0 Å². The third-order valence-corrected chi connectivity index (χ3v) is 16.6. The van der Waals surface area contributed by atoms with E-state index in [1.807, 2.05) is 53.6 Å². The number of unbranched alkanes of at least 4 members (excludes halogenated alkanes) is 1.